The molecule has 0 saturated carbocycles. The van der Waals surface area contributed by atoms with Gasteiger partial charge >= 0.3 is 5.97 Å². The van der Waals surface area contributed by atoms with E-state index in [2.05, 4.69) is 26.8 Å². The Balaban J connectivity index is 1.99. The number of aromatic nitrogens is 2. The van der Waals surface area contributed by atoms with E-state index in [1.165, 1.54) is 6.07 Å². The molecule has 21 heavy (non-hydrogen) atoms. The van der Waals surface area contributed by atoms with Crippen molar-refractivity contribution < 1.29 is 9.90 Å². The third kappa shape index (κ3) is 2.59. The lowest BCUT2D eigenvalue weighted by molar-refractivity contribution is 0.0695. The summed E-state index contributed by atoms with van der Waals surface area (Å²) < 4.78 is 0. The highest BCUT2D eigenvalue weighted by molar-refractivity contribution is 5.91. The molecule has 0 aromatic carbocycles. The number of anilines is 1. The summed E-state index contributed by atoms with van der Waals surface area (Å²) in [7, 11) is 2.08. The zero-order valence-electron chi connectivity index (χ0n) is 11.7. The molecule has 1 saturated heterocycles. The fourth-order valence-corrected chi connectivity index (χ4v) is 2.44. The molecule has 0 radical (unpaired) electrons. The van der Waals surface area contributed by atoms with E-state index < -0.39 is 11.5 Å². The van der Waals surface area contributed by atoms with Gasteiger partial charge in [-0.25, -0.2) is 9.78 Å². The zero-order valence-corrected chi connectivity index (χ0v) is 11.7. The number of nitrogens with one attached hydrogen (secondary N) is 1. The van der Waals surface area contributed by atoms with Crippen LogP contribution in [0.4, 0.5) is 5.82 Å². The number of hydrogen-bond acceptors (Lipinski definition) is 5. The monoisotopic (exact) mass is 288 g/mol. The second-order valence-corrected chi connectivity index (χ2v) is 5.21. The number of fused-ring (bicyclic) bond motifs is 1. The van der Waals surface area contributed by atoms with Crippen molar-refractivity contribution >= 4 is 22.8 Å². The van der Waals surface area contributed by atoms with Crippen molar-refractivity contribution in [3.8, 4) is 0 Å². The van der Waals surface area contributed by atoms with E-state index in [1.54, 1.807) is 6.07 Å². The second-order valence-electron chi connectivity index (χ2n) is 5.21. The molecule has 0 aliphatic carbocycles. The van der Waals surface area contributed by atoms with Gasteiger partial charge in [-0.1, -0.05) is 0 Å². The summed E-state index contributed by atoms with van der Waals surface area (Å²) in [5, 5.41) is 9.57. The normalized spacial score (nSPS) is 16.3. The van der Waals surface area contributed by atoms with Gasteiger partial charge in [-0.2, -0.15) is 0 Å². The highest BCUT2D eigenvalue weighted by atomic mass is 16.4. The molecule has 2 N–H and O–H groups in total. The number of hydrogen-bond donors (Lipinski definition) is 2. The van der Waals surface area contributed by atoms with Crippen molar-refractivity contribution in [2.24, 2.45) is 0 Å². The molecular weight excluding hydrogens is 272 g/mol. The molecule has 3 rings (SSSR count). The Bertz CT molecular complexity index is 747. The van der Waals surface area contributed by atoms with Gasteiger partial charge in [0, 0.05) is 31.6 Å². The number of carboxylic acids is 1. The molecule has 0 unspecified atom stereocenters. The summed E-state index contributed by atoms with van der Waals surface area (Å²) in [5.41, 5.74) is -0.476. The van der Waals surface area contributed by atoms with Crippen LogP contribution in [0.5, 0.6) is 0 Å². The number of rotatable bonds is 2. The summed E-state index contributed by atoms with van der Waals surface area (Å²) in [6, 6.07) is 5.01. The minimum absolute atomic E-state index is 0.267. The fraction of sp³-hybridized carbons (Fsp3) is 0.357. The maximum absolute atomic E-state index is 11.7. The van der Waals surface area contributed by atoms with Crippen molar-refractivity contribution in [1.29, 1.82) is 0 Å². The number of carbonyl (C=O) groups is 1. The van der Waals surface area contributed by atoms with E-state index in [-0.39, 0.29) is 5.56 Å². The molecule has 2 aromatic heterocycles. The van der Waals surface area contributed by atoms with Gasteiger partial charge in [0.1, 0.15) is 17.0 Å². The lowest BCUT2D eigenvalue weighted by Gasteiger charge is -2.33. The van der Waals surface area contributed by atoms with Crippen molar-refractivity contribution in [1.82, 2.24) is 14.9 Å². The average molecular weight is 288 g/mol. The molecule has 1 fully saturated rings. The molecular formula is C14H16N4O3. The lowest BCUT2D eigenvalue weighted by Crippen LogP contribution is -2.44. The van der Waals surface area contributed by atoms with E-state index >= 15 is 0 Å². The average Bonchev–Trinajstić information content (AvgIpc) is 2.46. The molecule has 0 spiro atoms. The minimum atomic E-state index is -1.23. The molecule has 7 nitrogen and oxygen atoms in total. The van der Waals surface area contributed by atoms with Crippen molar-refractivity contribution in [3.63, 3.8) is 0 Å². The summed E-state index contributed by atoms with van der Waals surface area (Å²) in [5.74, 6) is -0.435. The summed E-state index contributed by atoms with van der Waals surface area (Å²) >= 11 is 0. The smallest absolute Gasteiger partial charge is 0.341 e. The van der Waals surface area contributed by atoms with Gasteiger partial charge in [0.2, 0.25) is 0 Å². The molecule has 3 heterocycles. The molecule has 1 aliphatic heterocycles. The van der Waals surface area contributed by atoms with E-state index in [1.807, 2.05) is 6.07 Å². The zero-order chi connectivity index (χ0) is 15.0. The first-order valence-electron chi connectivity index (χ1n) is 6.75. The van der Waals surface area contributed by atoms with Crippen LogP contribution in [0.1, 0.15) is 10.4 Å². The highest BCUT2D eigenvalue weighted by Gasteiger charge is 2.16. The quantitative estimate of drug-likeness (QED) is 0.830. The van der Waals surface area contributed by atoms with Crippen molar-refractivity contribution in [2.75, 3.05) is 38.1 Å². The van der Waals surface area contributed by atoms with Crippen LogP contribution in [0.25, 0.3) is 11.0 Å². The van der Waals surface area contributed by atoms with Gasteiger partial charge in [-0.05, 0) is 25.2 Å². The minimum Gasteiger partial charge on any atom is -0.477 e. The second kappa shape index (κ2) is 5.17. The van der Waals surface area contributed by atoms with Gasteiger partial charge in [-0.15, -0.1) is 0 Å². The SMILES string of the molecule is CN1CCN(c2ccc3cc(C(=O)O)c(=O)[nH]c3n2)CC1. The van der Waals surface area contributed by atoms with E-state index in [4.69, 9.17) is 5.11 Å². The number of likely N-dealkylation sites (N-methyl/N-ethyl adjacent to an activating group) is 1. The molecule has 2 aromatic rings. The first-order chi connectivity index (χ1) is 10.0. The first kappa shape index (κ1) is 13.6. The van der Waals surface area contributed by atoms with Crippen LogP contribution in [0.15, 0.2) is 23.0 Å². The maximum Gasteiger partial charge on any atom is 0.341 e. The number of carboxylic acid groups (broad SMARTS) is 1. The van der Waals surface area contributed by atoms with Gasteiger partial charge in [0.25, 0.3) is 5.56 Å². The predicted octanol–water partition coefficient (Wildman–Crippen LogP) is 0.373. The van der Waals surface area contributed by atoms with E-state index in [9.17, 15) is 9.59 Å². The van der Waals surface area contributed by atoms with Crippen molar-refractivity contribution in [2.45, 2.75) is 0 Å². The molecule has 0 amide bonds. The molecule has 110 valence electrons. The van der Waals surface area contributed by atoms with Gasteiger partial charge < -0.3 is 19.9 Å². The molecule has 0 atom stereocenters. The Labute approximate surface area is 120 Å². The summed E-state index contributed by atoms with van der Waals surface area (Å²) in [4.78, 5) is 34.1. The van der Waals surface area contributed by atoms with E-state index in [0.717, 1.165) is 32.0 Å². The topological polar surface area (TPSA) is 89.5 Å². The standard InChI is InChI=1S/C14H16N4O3/c1-17-4-6-18(7-5-17)11-3-2-9-8-10(14(20)21)13(19)16-12(9)15-11/h2-3,8H,4-7H2,1H3,(H,20,21)(H,15,16,19). The number of nitrogens with zero attached hydrogens (tertiary/aromatic N) is 3. The number of pyridine rings is 2. The highest BCUT2D eigenvalue weighted by Crippen LogP contribution is 2.17. The maximum atomic E-state index is 11.7. The van der Waals surface area contributed by atoms with Crippen LogP contribution in [-0.2, 0) is 0 Å². The van der Waals surface area contributed by atoms with Crippen LogP contribution >= 0.6 is 0 Å². The largest absolute Gasteiger partial charge is 0.477 e. The molecule has 7 heteroatoms. The Morgan fingerprint density at radius 1 is 1.29 bits per heavy atom. The lowest BCUT2D eigenvalue weighted by atomic mass is 10.2. The van der Waals surface area contributed by atoms with Gasteiger partial charge in [0.15, 0.2) is 0 Å². The molecule has 0 bridgehead atoms. The fourth-order valence-electron chi connectivity index (χ4n) is 2.44. The van der Waals surface area contributed by atoms with Crippen LogP contribution < -0.4 is 10.5 Å². The Kier molecular flexibility index (Phi) is 3.34. The number of piperazine rings is 1. The van der Waals surface area contributed by atoms with Crippen LogP contribution in [0.3, 0.4) is 0 Å². The Hall–Kier alpha value is -2.41. The summed E-state index contributed by atoms with van der Waals surface area (Å²) in [6.45, 7) is 3.70. The van der Waals surface area contributed by atoms with Crippen LogP contribution in [-0.4, -0.2) is 59.2 Å². The molecule has 1 aliphatic rings. The number of aromatic amines is 1. The van der Waals surface area contributed by atoms with E-state index in [0.29, 0.717) is 11.0 Å². The predicted molar refractivity (Wildman–Crippen MR) is 79.0 cm³/mol. The summed E-state index contributed by atoms with van der Waals surface area (Å²) in [6.07, 6.45) is 0. The van der Waals surface area contributed by atoms with Crippen LogP contribution in [0.2, 0.25) is 0 Å². The first-order valence-corrected chi connectivity index (χ1v) is 6.75. The van der Waals surface area contributed by atoms with Crippen LogP contribution in [0, 0.1) is 0 Å². The Morgan fingerprint density at radius 3 is 2.67 bits per heavy atom. The third-order valence-electron chi connectivity index (χ3n) is 3.75. The number of H-pyrrole nitrogens is 1. The van der Waals surface area contributed by atoms with Gasteiger partial charge in [-0.3, -0.25) is 4.79 Å². The Morgan fingerprint density at radius 2 is 2.00 bits per heavy atom. The van der Waals surface area contributed by atoms with Crippen molar-refractivity contribution in [3.05, 3.63) is 34.1 Å². The van der Waals surface area contributed by atoms with Gasteiger partial charge in [0.05, 0.1) is 0 Å². The number of aromatic carboxylic acids is 1. The third-order valence-corrected chi connectivity index (χ3v) is 3.75.